The Labute approximate surface area is 155 Å². The molecule has 6 nitrogen and oxygen atoms in total. The van der Waals surface area contributed by atoms with Gasteiger partial charge in [-0.2, -0.15) is 0 Å². The lowest BCUT2D eigenvalue weighted by atomic mass is 10.1. The Morgan fingerprint density at radius 1 is 1.12 bits per heavy atom. The van der Waals surface area contributed by atoms with Gasteiger partial charge in [-0.15, -0.1) is 11.3 Å². The maximum absolute atomic E-state index is 12.5. The van der Waals surface area contributed by atoms with E-state index in [2.05, 4.69) is 0 Å². The zero-order valence-electron chi connectivity index (χ0n) is 15.3. The monoisotopic (exact) mass is 372 g/mol. The second-order valence-electron chi connectivity index (χ2n) is 6.08. The third kappa shape index (κ3) is 2.94. The van der Waals surface area contributed by atoms with Crippen LogP contribution in [0.1, 0.15) is 9.67 Å². The molecule has 136 valence electrons. The van der Waals surface area contributed by atoms with E-state index in [1.54, 1.807) is 47.6 Å². The van der Waals surface area contributed by atoms with Crippen LogP contribution in [0.25, 0.3) is 21.2 Å². The second-order valence-corrected chi connectivity index (χ2v) is 7.13. The van der Waals surface area contributed by atoms with Gasteiger partial charge in [-0.3, -0.25) is 9.59 Å². The lowest BCUT2D eigenvalue weighted by molar-refractivity contribution is 0.0832. The van der Waals surface area contributed by atoms with Crippen molar-refractivity contribution < 1.29 is 14.3 Å². The first-order valence-corrected chi connectivity index (χ1v) is 8.76. The summed E-state index contributed by atoms with van der Waals surface area (Å²) in [5, 5.41) is 0.537. The molecule has 0 unspecified atom stereocenters. The molecule has 3 aromatic rings. The highest BCUT2D eigenvalue weighted by Gasteiger charge is 2.18. The third-order valence-corrected chi connectivity index (χ3v) is 5.32. The van der Waals surface area contributed by atoms with Crippen LogP contribution < -0.4 is 15.0 Å². The maximum Gasteiger partial charge on any atom is 0.263 e. The van der Waals surface area contributed by atoms with Crippen molar-refractivity contribution in [3.05, 3.63) is 45.7 Å². The zero-order valence-corrected chi connectivity index (χ0v) is 16.1. The topological polar surface area (TPSA) is 60.8 Å². The summed E-state index contributed by atoms with van der Waals surface area (Å²) in [6.07, 6.45) is 1.78. The molecule has 0 atom stereocenters. The SMILES string of the molecule is COc1ccc(-c2cn(C)c(=O)c3cc(C(=O)N(C)C)sc23)cc1OC. The van der Waals surface area contributed by atoms with Crippen LogP contribution in [-0.4, -0.2) is 43.7 Å². The molecule has 1 aromatic carbocycles. The van der Waals surface area contributed by atoms with Gasteiger partial charge in [0.05, 0.1) is 24.5 Å². The van der Waals surface area contributed by atoms with Crippen LogP contribution in [0.2, 0.25) is 0 Å². The van der Waals surface area contributed by atoms with E-state index < -0.39 is 0 Å². The number of ether oxygens (including phenoxy) is 2. The minimum Gasteiger partial charge on any atom is -0.493 e. The molecule has 0 N–H and O–H groups in total. The first-order chi connectivity index (χ1) is 12.4. The van der Waals surface area contributed by atoms with Crippen molar-refractivity contribution in [1.29, 1.82) is 0 Å². The quantitative estimate of drug-likeness (QED) is 0.706. The minimum atomic E-state index is -0.127. The molecule has 26 heavy (non-hydrogen) atoms. The van der Waals surface area contributed by atoms with E-state index in [-0.39, 0.29) is 11.5 Å². The Hall–Kier alpha value is -2.80. The van der Waals surface area contributed by atoms with Gasteiger partial charge in [0.1, 0.15) is 0 Å². The van der Waals surface area contributed by atoms with E-state index in [4.69, 9.17) is 9.47 Å². The molecule has 0 aliphatic rings. The molecule has 2 heterocycles. The molecular formula is C19H20N2O4S. The van der Waals surface area contributed by atoms with E-state index in [1.165, 1.54) is 20.8 Å². The zero-order chi connectivity index (χ0) is 19.0. The second kappa shape index (κ2) is 6.84. The molecule has 7 heteroatoms. The number of carbonyl (C=O) groups is 1. The van der Waals surface area contributed by atoms with Gasteiger partial charge in [-0.05, 0) is 23.8 Å². The maximum atomic E-state index is 12.5. The molecule has 3 rings (SSSR count). The van der Waals surface area contributed by atoms with Gasteiger partial charge in [-0.25, -0.2) is 0 Å². The Morgan fingerprint density at radius 3 is 2.42 bits per heavy atom. The summed E-state index contributed by atoms with van der Waals surface area (Å²) in [5.41, 5.74) is 1.62. The van der Waals surface area contributed by atoms with Crippen molar-refractivity contribution in [2.45, 2.75) is 0 Å². The Kier molecular flexibility index (Phi) is 4.73. The molecule has 0 aliphatic carbocycles. The number of aromatic nitrogens is 1. The van der Waals surface area contributed by atoms with E-state index >= 15 is 0 Å². The van der Waals surface area contributed by atoms with Crippen molar-refractivity contribution in [2.24, 2.45) is 7.05 Å². The Bertz CT molecular complexity index is 1050. The summed E-state index contributed by atoms with van der Waals surface area (Å²) >= 11 is 1.32. The van der Waals surface area contributed by atoms with Gasteiger partial charge in [0.2, 0.25) is 0 Å². The summed E-state index contributed by atoms with van der Waals surface area (Å²) in [7, 11) is 8.26. The highest BCUT2D eigenvalue weighted by atomic mass is 32.1. The number of hydrogen-bond donors (Lipinski definition) is 0. The van der Waals surface area contributed by atoms with E-state index in [0.29, 0.717) is 21.8 Å². The number of methoxy groups -OCH3 is 2. The van der Waals surface area contributed by atoms with Gasteiger partial charge in [0, 0.05) is 37.6 Å². The molecule has 0 spiro atoms. The summed E-state index contributed by atoms with van der Waals surface area (Å²) < 4.78 is 13.0. The number of benzene rings is 1. The summed E-state index contributed by atoms with van der Waals surface area (Å²) in [6, 6.07) is 7.28. The van der Waals surface area contributed by atoms with Gasteiger partial charge >= 0.3 is 0 Å². The molecule has 2 aromatic heterocycles. The van der Waals surface area contributed by atoms with Crippen molar-refractivity contribution in [2.75, 3.05) is 28.3 Å². The van der Waals surface area contributed by atoms with Crippen molar-refractivity contribution in [3.8, 4) is 22.6 Å². The summed E-state index contributed by atoms with van der Waals surface area (Å²) in [4.78, 5) is 26.9. The molecule has 0 bridgehead atoms. The van der Waals surface area contributed by atoms with Gasteiger partial charge in [0.25, 0.3) is 11.5 Å². The molecule has 0 saturated heterocycles. The van der Waals surface area contributed by atoms with Crippen molar-refractivity contribution in [3.63, 3.8) is 0 Å². The van der Waals surface area contributed by atoms with Gasteiger partial charge in [-0.1, -0.05) is 6.07 Å². The number of rotatable bonds is 4. The first kappa shape index (κ1) is 18.0. The van der Waals surface area contributed by atoms with Crippen LogP contribution in [0, 0.1) is 0 Å². The van der Waals surface area contributed by atoms with Crippen molar-refractivity contribution >= 4 is 27.3 Å². The number of carbonyl (C=O) groups excluding carboxylic acids is 1. The Morgan fingerprint density at radius 2 is 1.81 bits per heavy atom. The van der Waals surface area contributed by atoms with Crippen LogP contribution in [0.15, 0.2) is 35.3 Å². The highest BCUT2D eigenvalue weighted by Crippen LogP contribution is 2.37. The first-order valence-electron chi connectivity index (χ1n) is 7.94. The van der Waals surface area contributed by atoms with E-state index in [1.807, 2.05) is 18.2 Å². The normalized spacial score (nSPS) is 10.8. The van der Waals surface area contributed by atoms with Gasteiger partial charge in [0.15, 0.2) is 11.5 Å². The summed E-state index contributed by atoms with van der Waals surface area (Å²) in [5.74, 6) is 1.12. The van der Waals surface area contributed by atoms with Crippen LogP contribution in [0.4, 0.5) is 0 Å². The fourth-order valence-corrected chi connectivity index (χ4v) is 3.99. The van der Waals surface area contributed by atoms with Gasteiger partial charge < -0.3 is 18.9 Å². The van der Waals surface area contributed by atoms with Crippen LogP contribution in [0.3, 0.4) is 0 Å². The average molecular weight is 372 g/mol. The van der Waals surface area contributed by atoms with E-state index in [0.717, 1.165) is 15.8 Å². The molecular weight excluding hydrogens is 352 g/mol. The summed E-state index contributed by atoms with van der Waals surface area (Å²) in [6.45, 7) is 0. The highest BCUT2D eigenvalue weighted by molar-refractivity contribution is 7.21. The molecule has 0 saturated carbocycles. The van der Waals surface area contributed by atoms with E-state index in [9.17, 15) is 9.59 Å². The number of nitrogens with zero attached hydrogens (tertiary/aromatic N) is 2. The van der Waals surface area contributed by atoms with Crippen LogP contribution in [-0.2, 0) is 7.05 Å². The third-order valence-electron chi connectivity index (χ3n) is 4.16. The fourth-order valence-electron chi connectivity index (χ4n) is 2.79. The average Bonchev–Trinajstić information content (AvgIpc) is 3.08. The van der Waals surface area contributed by atoms with Crippen LogP contribution >= 0.6 is 11.3 Å². The lowest BCUT2D eigenvalue weighted by Gasteiger charge is -2.11. The molecule has 0 radical (unpaired) electrons. The number of aryl methyl sites for hydroxylation is 1. The number of hydrogen-bond acceptors (Lipinski definition) is 5. The van der Waals surface area contributed by atoms with Crippen LogP contribution in [0.5, 0.6) is 11.5 Å². The fraction of sp³-hybridized carbons (Fsp3) is 0.263. The standard InChI is InChI=1S/C19H20N2O4S/c1-20(2)19(23)16-9-12-17(26-16)13(10-21(3)18(12)22)11-6-7-14(24-4)15(8-11)25-5/h6-10H,1-5H3. The smallest absolute Gasteiger partial charge is 0.263 e. The number of pyridine rings is 1. The molecule has 0 fully saturated rings. The predicted molar refractivity (Wildman–Crippen MR) is 104 cm³/mol. The number of amides is 1. The molecule has 0 aliphatic heterocycles. The Balaban J connectivity index is 2.28. The predicted octanol–water partition coefficient (Wildman–Crippen LogP) is 2.99. The minimum absolute atomic E-state index is 0.119. The van der Waals surface area contributed by atoms with Crippen molar-refractivity contribution in [1.82, 2.24) is 9.47 Å². The largest absolute Gasteiger partial charge is 0.493 e. The molecule has 1 amide bonds. The number of fused-ring (bicyclic) bond motifs is 1. The lowest BCUT2D eigenvalue weighted by Crippen LogP contribution is -2.20. The number of thiophene rings is 1.